The number of fused-ring (bicyclic) bond motifs is 2. The zero-order valence-electron chi connectivity index (χ0n) is 23.9. The Morgan fingerprint density at radius 2 is 1.88 bits per heavy atom. The highest BCUT2D eigenvalue weighted by Gasteiger charge is 2.27. The molecule has 4 aromatic rings. The van der Waals surface area contributed by atoms with E-state index in [0.717, 1.165) is 56.1 Å². The highest BCUT2D eigenvalue weighted by molar-refractivity contribution is 6.31. The number of aromatic amines is 1. The van der Waals surface area contributed by atoms with Gasteiger partial charge in [-0.1, -0.05) is 11.6 Å². The van der Waals surface area contributed by atoms with Crippen molar-refractivity contribution >= 4 is 63.3 Å². The number of aryl methyl sites for hydroxylation is 1. The fourth-order valence-corrected chi connectivity index (χ4v) is 5.93. The lowest BCUT2D eigenvalue weighted by Crippen LogP contribution is -2.42. The van der Waals surface area contributed by atoms with E-state index < -0.39 is 11.7 Å². The number of likely N-dealkylation sites (tertiary alicyclic amines) is 1. The maximum atomic E-state index is 14.8. The third-order valence-electron chi connectivity index (χ3n) is 7.80. The molecule has 1 saturated heterocycles. The second-order valence-electron chi connectivity index (χ2n) is 10.6. The molecule has 43 heavy (non-hydrogen) atoms. The zero-order chi connectivity index (χ0) is 30.1. The van der Waals surface area contributed by atoms with Crippen LogP contribution in [0.5, 0.6) is 5.75 Å². The Hall–Kier alpha value is -4.42. The van der Waals surface area contributed by atoms with E-state index in [-0.39, 0.29) is 28.1 Å². The number of nitrogens with zero attached hydrogens (tertiary/aromatic N) is 4. The highest BCUT2D eigenvalue weighted by Crippen LogP contribution is 2.38. The Bertz CT molecular complexity index is 1700. The van der Waals surface area contributed by atoms with Gasteiger partial charge >= 0.3 is 0 Å². The van der Waals surface area contributed by atoms with E-state index in [4.69, 9.17) is 16.3 Å². The molecule has 2 aromatic heterocycles. The summed E-state index contributed by atoms with van der Waals surface area (Å²) in [6.07, 6.45) is 5.66. The largest absolute Gasteiger partial charge is 0.495 e. The molecular weight excluding hydrogens is 575 g/mol. The van der Waals surface area contributed by atoms with Gasteiger partial charge < -0.3 is 30.6 Å². The molecule has 0 unspecified atom stereocenters. The maximum Gasteiger partial charge on any atom is 0.256 e. The second kappa shape index (κ2) is 12.1. The van der Waals surface area contributed by atoms with E-state index >= 15 is 0 Å². The third-order valence-corrected chi connectivity index (χ3v) is 8.02. The van der Waals surface area contributed by atoms with Gasteiger partial charge in [0.1, 0.15) is 23.0 Å². The minimum Gasteiger partial charge on any atom is -0.495 e. The van der Waals surface area contributed by atoms with Gasteiger partial charge in [-0.3, -0.25) is 14.5 Å². The number of aromatic nitrogens is 3. The first-order valence-corrected chi connectivity index (χ1v) is 14.6. The molecule has 2 aromatic carbocycles. The Morgan fingerprint density at radius 3 is 2.65 bits per heavy atom. The number of methoxy groups -OCH3 is 1. The van der Waals surface area contributed by atoms with Crippen LogP contribution < -0.4 is 25.6 Å². The first kappa shape index (κ1) is 28.7. The summed E-state index contributed by atoms with van der Waals surface area (Å²) in [6, 6.07) is 8.16. The van der Waals surface area contributed by atoms with Crippen molar-refractivity contribution in [1.29, 1.82) is 0 Å². The molecule has 2 aliphatic rings. The van der Waals surface area contributed by atoms with Crippen molar-refractivity contribution in [3.8, 4) is 5.75 Å². The van der Waals surface area contributed by atoms with Crippen LogP contribution in [0.15, 0.2) is 36.5 Å². The normalized spacial score (nSPS) is 14.9. The van der Waals surface area contributed by atoms with E-state index in [1.165, 1.54) is 13.1 Å². The maximum absolute atomic E-state index is 14.8. The number of H-pyrrole nitrogens is 1. The van der Waals surface area contributed by atoms with Crippen LogP contribution in [0, 0.1) is 5.82 Å². The molecule has 2 amide bonds. The number of benzene rings is 2. The van der Waals surface area contributed by atoms with Gasteiger partial charge in [0.25, 0.3) is 5.91 Å². The molecule has 0 spiro atoms. The molecule has 0 bridgehead atoms. The van der Waals surface area contributed by atoms with Crippen LogP contribution in [-0.4, -0.2) is 72.0 Å². The predicted molar refractivity (Wildman–Crippen MR) is 165 cm³/mol. The SMILES string of the molecule is CNC(=O)c1c(F)cc(Cl)cc1Nc1nc(Nc2cc3c(cc2OC)CCCN3C(=O)CN2CCCC2)nc2[nH]ccc12. The summed E-state index contributed by atoms with van der Waals surface area (Å²) in [4.78, 5) is 42.3. The van der Waals surface area contributed by atoms with Crippen LogP contribution >= 0.6 is 11.6 Å². The van der Waals surface area contributed by atoms with E-state index in [9.17, 15) is 14.0 Å². The van der Waals surface area contributed by atoms with Gasteiger partial charge in [0.05, 0.1) is 36.0 Å². The summed E-state index contributed by atoms with van der Waals surface area (Å²) in [7, 11) is 3.01. The smallest absolute Gasteiger partial charge is 0.256 e. The van der Waals surface area contributed by atoms with E-state index in [2.05, 4.69) is 35.8 Å². The predicted octanol–water partition coefficient (Wildman–Crippen LogP) is 4.98. The van der Waals surface area contributed by atoms with E-state index in [1.807, 2.05) is 17.0 Å². The third kappa shape index (κ3) is 5.80. The molecule has 1 fully saturated rings. The minimum absolute atomic E-state index is 0.0789. The lowest BCUT2D eigenvalue weighted by molar-refractivity contribution is -0.119. The number of nitrogens with one attached hydrogen (secondary N) is 4. The average Bonchev–Trinajstić information content (AvgIpc) is 3.68. The number of amides is 2. The number of ether oxygens (including phenoxy) is 1. The van der Waals surface area contributed by atoms with Crippen LogP contribution in [-0.2, 0) is 11.2 Å². The van der Waals surface area contributed by atoms with Crippen molar-refractivity contribution in [1.82, 2.24) is 25.2 Å². The number of hydrogen-bond acceptors (Lipinski definition) is 8. The van der Waals surface area contributed by atoms with Crippen molar-refractivity contribution in [2.45, 2.75) is 25.7 Å². The zero-order valence-corrected chi connectivity index (χ0v) is 24.6. The molecule has 224 valence electrons. The molecule has 0 radical (unpaired) electrons. The Morgan fingerprint density at radius 1 is 1.07 bits per heavy atom. The van der Waals surface area contributed by atoms with Crippen LogP contribution in [0.1, 0.15) is 35.2 Å². The molecule has 0 saturated carbocycles. The van der Waals surface area contributed by atoms with Crippen LogP contribution in [0.25, 0.3) is 11.0 Å². The first-order chi connectivity index (χ1) is 20.8. The van der Waals surface area contributed by atoms with Crippen molar-refractivity contribution in [3.05, 3.63) is 58.5 Å². The van der Waals surface area contributed by atoms with Crippen LogP contribution in [0.4, 0.5) is 33.2 Å². The number of rotatable bonds is 8. The van der Waals surface area contributed by atoms with E-state index in [1.54, 1.807) is 19.4 Å². The summed E-state index contributed by atoms with van der Waals surface area (Å²) < 4.78 is 20.5. The van der Waals surface area contributed by atoms with Gasteiger partial charge in [0, 0.05) is 30.5 Å². The molecule has 0 atom stereocenters. The highest BCUT2D eigenvalue weighted by atomic mass is 35.5. The van der Waals surface area contributed by atoms with Crippen LogP contribution in [0.2, 0.25) is 5.02 Å². The quantitative estimate of drug-likeness (QED) is 0.221. The summed E-state index contributed by atoms with van der Waals surface area (Å²) in [5.41, 5.74) is 2.91. The first-order valence-electron chi connectivity index (χ1n) is 14.2. The average molecular weight is 607 g/mol. The molecule has 2 aliphatic heterocycles. The van der Waals surface area contributed by atoms with Gasteiger partial charge in [-0.25, -0.2) is 4.39 Å². The van der Waals surface area contributed by atoms with Gasteiger partial charge in [0.2, 0.25) is 11.9 Å². The van der Waals surface area contributed by atoms with E-state index in [0.29, 0.717) is 41.4 Å². The molecule has 13 heteroatoms. The fourth-order valence-electron chi connectivity index (χ4n) is 5.72. The van der Waals surface area contributed by atoms with Crippen molar-refractivity contribution in [3.63, 3.8) is 0 Å². The van der Waals surface area contributed by atoms with Crippen molar-refractivity contribution in [2.75, 3.05) is 55.9 Å². The van der Waals surface area contributed by atoms with Gasteiger partial charge in [0.15, 0.2) is 0 Å². The number of hydrogen-bond donors (Lipinski definition) is 4. The Kier molecular flexibility index (Phi) is 8.04. The Labute approximate surface area is 252 Å². The monoisotopic (exact) mass is 606 g/mol. The minimum atomic E-state index is -0.769. The van der Waals surface area contributed by atoms with Crippen LogP contribution in [0.3, 0.4) is 0 Å². The topological polar surface area (TPSA) is 128 Å². The Balaban J connectivity index is 1.35. The van der Waals surface area contributed by atoms with Crippen molar-refractivity contribution in [2.24, 2.45) is 0 Å². The summed E-state index contributed by atoms with van der Waals surface area (Å²) >= 11 is 6.14. The number of halogens is 2. The van der Waals surface area contributed by atoms with Crippen molar-refractivity contribution < 1.29 is 18.7 Å². The lowest BCUT2D eigenvalue weighted by atomic mass is 10.00. The number of carbonyl (C=O) groups excluding carboxylic acids is 2. The number of carbonyl (C=O) groups is 2. The standard InChI is InChI=1S/C30H32ClFN8O3/c1-33-29(42)26-20(32)13-18(31)14-22(26)35-28-19-7-8-34-27(19)37-30(38-28)36-21-15-23-17(12-24(21)43-2)6-5-11-40(23)25(41)16-39-9-3-4-10-39/h7-8,12-15H,3-6,9-11,16H2,1-2H3,(H,33,42)(H3,34,35,36,37,38). The summed E-state index contributed by atoms with van der Waals surface area (Å²) in [5.74, 6) is -0.191. The van der Waals surface area contributed by atoms with Gasteiger partial charge in [-0.05, 0) is 74.7 Å². The molecule has 0 aliphatic carbocycles. The summed E-state index contributed by atoms with van der Waals surface area (Å²) in [5, 5.41) is 9.51. The van der Waals surface area contributed by atoms with Gasteiger partial charge in [-0.15, -0.1) is 0 Å². The number of anilines is 5. The molecule has 4 N–H and O–H groups in total. The lowest BCUT2D eigenvalue weighted by Gasteiger charge is -2.32. The molecule has 4 heterocycles. The second-order valence-corrected chi connectivity index (χ2v) is 11.0. The summed E-state index contributed by atoms with van der Waals surface area (Å²) in [6.45, 7) is 2.94. The molecule has 11 nitrogen and oxygen atoms in total. The van der Waals surface area contributed by atoms with Gasteiger partial charge in [-0.2, -0.15) is 9.97 Å². The fraction of sp³-hybridized carbons (Fsp3) is 0.333. The molecular formula is C30H32ClFN8O3. The molecule has 6 rings (SSSR count).